The summed E-state index contributed by atoms with van der Waals surface area (Å²) in [5.41, 5.74) is 2.06. The van der Waals surface area contributed by atoms with Crippen LogP contribution in [0.5, 0.6) is 0 Å². The van der Waals surface area contributed by atoms with Gasteiger partial charge in [0.05, 0.1) is 11.4 Å². The molecule has 25 heavy (non-hydrogen) atoms. The number of carbonyl (C=O) groups excluding carboxylic acids is 1. The Morgan fingerprint density at radius 2 is 2.28 bits per heavy atom. The largest absolute Gasteiger partial charge is 0.361 e. The summed E-state index contributed by atoms with van der Waals surface area (Å²) < 4.78 is 14.3. The predicted molar refractivity (Wildman–Crippen MR) is 92.3 cm³/mol. The molecule has 7 heteroatoms. The van der Waals surface area contributed by atoms with E-state index in [1.54, 1.807) is 17.2 Å². The monoisotopic (exact) mass is 337 g/mol. The normalized spacial score (nSPS) is 16.5. The summed E-state index contributed by atoms with van der Waals surface area (Å²) in [5.74, 6) is 0.0925. The number of carbonyl (C=O) groups is 1. The fourth-order valence-electron chi connectivity index (χ4n) is 3.22. The van der Waals surface area contributed by atoms with Crippen LogP contribution in [0.4, 0.5) is 10.2 Å². The first-order chi connectivity index (χ1) is 12.2. The number of rotatable bonds is 3. The van der Waals surface area contributed by atoms with Crippen molar-refractivity contribution in [3.05, 3.63) is 66.4 Å². The molecule has 0 saturated heterocycles. The zero-order chi connectivity index (χ0) is 17.4. The summed E-state index contributed by atoms with van der Waals surface area (Å²) >= 11 is 0. The number of H-pyrrole nitrogens is 1. The standard InChI is InChI=1S/C18H16FN5O/c1-2-16(25)24-8-13-11(4-3-5-14(13)19)15(9-24)23-18-12-6-7-20-17(12)21-10-22-18/h2-7,10,15H,1,8-9H2,(H2,20,21,22,23). The third-order valence-corrected chi connectivity index (χ3v) is 4.43. The topological polar surface area (TPSA) is 73.9 Å². The van der Waals surface area contributed by atoms with E-state index in [4.69, 9.17) is 0 Å². The van der Waals surface area contributed by atoms with Crippen molar-refractivity contribution in [2.45, 2.75) is 12.6 Å². The van der Waals surface area contributed by atoms with Gasteiger partial charge in [0.1, 0.15) is 23.6 Å². The van der Waals surface area contributed by atoms with Crippen LogP contribution >= 0.6 is 0 Å². The molecule has 0 spiro atoms. The Morgan fingerprint density at radius 1 is 1.40 bits per heavy atom. The first-order valence-electron chi connectivity index (χ1n) is 7.90. The van der Waals surface area contributed by atoms with Gasteiger partial charge in [-0.3, -0.25) is 4.79 Å². The zero-order valence-corrected chi connectivity index (χ0v) is 13.4. The van der Waals surface area contributed by atoms with E-state index < -0.39 is 0 Å². The fraction of sp³-hybridized carbons (Fsp3) is 0.167. The fourth-order valence-corrected chi connectivity index (χ4v) is 3.22. The molecular formula is C18H16FN5O. The number of aromatic nitrogens is 3. The van der Waals surface area contributed by atoms with Gasteiger partial charge in [-0.05, 0) is 23.8 Å². The molecule has 1 aromatic carbocycles. The molecular weight excluding hydrogens is 321 g/mol. The number of nitrogens with one attached hydrogen (secondary N) is 2. The van der Waals surface area contributed by atoms with Crippen LogP contribution in [0.2, 0.25) is 0 Å². The summed E-state index contributed by atoms with van der Waals surface area (Å²) in [6, 6.07) is 6.56. The predicted octanol–water partition coefficient (Wildman–Crippen LogP) is 2.78. The molecule has 1 amide bonds. The number of benzene rings is 1. The Bertz CT molecular complexity index is 967. The van der Waals surface area contributed by atoms with E-state index in [1.807, 2.05) is 12.1 Å². The van der Waals surface area contributed by atoms with E-state index in [9.17, 15) is 9.18 Å². The number of halogens is 1. The molecule has 0 radical (unpaired) electrons. The Labute approximate surface area is 143 Å². The van der Waals surface area contributed by atoms with Gasteiger partial charge >= 0.3 is 0 Å². The van der Waals surface area contributed by atoms with Gasteiger partial charge < -0.3 is 15.2 Å². The van der Waals surface area contributed by atoms with Crippen molar-refractivity contribution in [2.75, 3.05) is 11.9 Å². The SMILES string of the molecule is C=CC(=O)N1Cc2c(F)cccc2C(Nc2ncnc3[nH]ccc23)C1. The lowest BCUT2D eigenvalue weighted by molar-refractivity contribution is -0.127. The van der Waals surface area contributed by atoms with Crippen LogP contribution in [0.15, 0.2) is 49.4 Å². The van der Waals surface area contributed by atoms with Gasteiger partial charge in [-0.1, -0.05) is 18.7 Å². The third-order valence-electron chi connectivity index (χ3n) is 4.43. The summed E-state index contributed by atoms with van der Waals surface area (Å²) in [6.07, 6.45) is 4.49. The Balaban J connectivity index is 1.75. The van der Waals surface area contributed by atoms with Crippen molar-refractivity contribution in [1.29, 1.82) is 0 Å². The van der Waals surface area contributed by atoms with Gasteiger partial charge in [0.2, 0.25) is 5.91 Å². The first-order valence-corrected chi connectivity index (χ1v) is 7.90. The average molecular weight is 337 g/mol. The van der Waals surface area contributed by atoms with Gasteiger partial charge in [0.25, 0.3) is 0 Å². The number of fused-ring (bicyclic) bond motifs is 2. The number of aromatic amines is 1. The van der Waals surface area contributed by atoms with E-state index in [0.717, 1.165) is 10.9 Å². The second-order valence-corrected chi connectivity index (χ2v) is 5.89. The molecule has 0 aliphatic carbocycles. The average Bonchev–Trinajstić information content (AvgIpc) is 3.11. The maximum Gasteiger partial charge on any atom is 0.246 e. The summed E-state index contributed by atoms with van der Waals surface area (Å²) in [5, 5.41) is 4.18. The summed E-state index contributed by atoms with van der Waals surface area (Å²) in [6.45, 7) is 4.16. The van der Waals surface area contributed by atoms with Crippen molar-refractivity contribution in [3.8, 4) is 0 Å². The quantitative estimate of drug-likeness (QED) is 0.721. The van der Waals surface area contributed by atoms with Crippen LogP contribution in [-0.4, -0.2) is 32.3 Å². The molecule has 1 aliphatic rings. The van der Waals surface area contributed by atoms with Gasteiger partial charge in [-0.2, -0.15) is 0 Å². The van der Waals surface area contributed by atoms with E-state index in [0.29, 0.717) is 23.6 Å². The van der Waals surface area contributed by atoms with Gasteiger partial charge in [0.15, 0.2) is 0 Å². The Hall–Kier alpha value is -3.22. The van der Waals surface area contributed by atoms with Crippen molar-refractivity contribution in [2.24, 2.45) is 0 Å². The molecule has 4 rings (SSSR count). The highest BCUT2D eigenvalue weighted by Gasteiger charge is 2.29. The van der Waals surface area contributed by atoms with E-state index in [-0.39, 0.29) is 24.3 Å². The van der Waals surface area contributed by atoms with Crippen LogP contribution in [0.25, 0.3) is 11.0 Å². The van der Waals surface area contributed by atoms with Crippen LogP contribution < -0.4 is 5.32 Å². The second kappa shape index (κ2) is 6.01. The first kappa shape index (κ1) is 15.3. The van der Waals surface area contributed by atoms with Crippen LogP contribution in [0.3, 0.4) is 0 Å². The zero-order valence-electron chi connectivity index (χ0n) is 13.4. The minimum absolute atomic E-state index is 0.227. The van der Waals surface area contributed by atoms with Gasteiger partial charge in [-0.25, -0.2) is 14.4 Å². The summed E-state index contributed by atoms with van der Waals surface area (Å²) in [4.78, 5) is 25.2. The van der Waals surface area contributed by atoms with Crippen LogP contribution in [0, 0.1) is 5.82 Å². The molecule has 1 aliphatic heterocycles. The minimum Gasteiger partial charge on any atom is -0.361 e. The van der Waals surface area contributed by atoms with Crippen molar-refractivity contribution >= 4 is 22.8 Å². The molecule has 6 nitrogen and oxygen atoms in total. The number of amides is 1. The molecule has 3 heterocycles. The minimum atomic E-state index is -0.319. The lowest BCUT2D eigenvalue weighted by Crippen LogP contribution is -2.40. The molecule has 0 fully saturated rings. The van der Waals surface area contributed by atoms with Crippen molar-refractivity contribution in [1.82, 2.24) is 19.9 Å². The molecule has 0 saturated carbocycles. The second-order valence-electron chi connectivity index (χ2n) is 5.89. The lowest BCUT2D eigenvalue weighted by atomic mass is 9.94. The maximum atomic E-state index is 14.3. The van der Waals surface area contributed by atoms with E-state index in [2.05, 4.69) is 26.8 Å². The molecule has 126 valence electrons. The molecule has 1 atom stereocenters. The third kappa shape index (κ3) is 2.63. The van der Waals surface area contributed by atoms with E-state index in [1.165, 1.54) is 18.5 Å². The molecule has 2 aromatic heterocycles. The highest BCUT2D eigenvalue weighted by atomic mass is 19.1. The van der Waals surface area contributed by atoms with E-state index >= 15 is 0 Å². The Kier molecular flexibility index (Phi) is 3.68. The molecule has 0 bridgehead atoms. The molecule has 3 aromatic rings. The van der Waals surface area contributed by atoms with Gasteiger partial charge in [-0.15, -0.1) is 0 Å². The van der Waals surface area contributed by atoms with Gasteiger partial charge in [0, 0.05) is 24.8 Å². The lowest BCUT2D eigenvalue weighted by Gasteiger charge is -2.35. The highest BCUT2D eigenvalue weighted by Crippen LogP contribution is 2.32. The number of hydrogen-bond donors (Lipinski definition) is 2. The maximum absolute atomic E-state index is 14.3. The number of nitrogens with zero attached hydrogens (tertiary/aromatic N) is 3. The smallest absolute Gasteiger partial charge is 0.246 e. The van der Waals surface area contributed by atoms with Crippen molar-refractivity contribution in [3.63, 3.8) is 0 Å². The van der Waals surface area contributed by atoms with Crippen molar-refractivity contribution < 1.29 is 9.18 Å². The van der Waals surface area contributed by atoms with Crippen LogP contribution in [0.1, 0.15) is 17.2 Å². The number of anilines is 1. The van der Waals surface area contributed by atoms with Crippen LogP contribution in [-0.2, 0) is 11.3 Å². The highest BCUT2D eigenvalue weighted by molar-refractivity contribution is 5.88. The molecule has 1 unspecified atom stereocenters. The Morgan fingerprint density at radius 3 is 3.12 bits per heavy atom. The number of hydrogen-bond acceptors (Lipinski definition) is 4. The molecule has 2 N–H and O–H groups in total. The summed E-state index contributed by atoms with van der Waals surface area (Å²) in [7, 11) is 0.